The van der Waals surface area contributed by atoms with Gasteiger partial charge in [0.25, 0.3) is 0 Å². The molecule has 2 aliphatic rings. The Balaban J connectivity index is 1.83. The number of halogens is 1. The predicted molar refractivity (Wildman–Crippen MR) is 102 cm³/mol. The van der Waals surface area contributed by atoms with Crippen molar-refractivity contribution in [2.45, 2.75) is 25.3 Å². The first-order chi connectivity index (χ1) is 12.5. The highest BCUT2D eigenvalue weighted by molar-refractivity contribution is 6.32. The lowest BCUT2D eigenvalue weighted by atomic mass is 9.76. The van der Waals surface area contributed by atoms with E-state index in [1.165, 1.54) is 7.11 Å². The molecule has 1 aliphatic carbocycles. The molecule has 0 radical (unpaired) electrons. The smallest absolute Gasteiger partial charge is 0.311 e. The van der Waals surface area contributed by atoms with Gasteiger partial charge in [-0.1, -0.05) is 35.9 Å². The molecule has 1 heterocycles. The minimum atomic E-state index is -0.397. The van der Waals surface area contributed by atoms with Crippen molar-refractivity contribution in [1.29, 1.82) is 0 Å². The maximum Gasteiger partial charge on any atom is 0.311 e. The number of nitro groups is 1. The van der Waals surface area contributed by atoms with Gasteiger partial charge in [0.05, 0.1) is 18.1 Å². The van der Waals surface area contributed by atoms with Crippen molar-refractivity contribution in [2.75, 3.05) is 12.4 Å². The van der Waals surface area contributed by atoms with Gasteiger partial charge < -0.3 is 10.1 Å². The van der Waals surface area contributed by atoms with Gasteiger partial charge in [-0.05, 0) is 42.5 Å². The van der Waals surface area contributed by atoms with E-state index in [1.807, 2.05) is 18.2 Å². The third-order valence-electron chi connectivity index (χ3n) is 5.43. The fourth-order valence-corrected chi connectivity index (χ4v) is 4.47. The Labute approximate surface area is 156 Å². The molecule has 1 aliphatic heterocycles. The van der Waals surface area contributed by atoms with Crippen molar-refractivity contribution in [3.63, 3.8) is 0 Å². The van der Waals surface area contributed by atoms with E-state index in [0.29, 0.717) is 0 Å². The molecule has 2 aromatic rings. The van der Waals surface area contributed by atoms with Crippen LogP contribution in [0.3, 0.4) is 0 Å². The van der Waals surface area contributed by atoms with Crippen LogP contribution in [-0.4, -0.2) is 12.0 Å². The van der Waals surface area contributed by atoms with Crippen molar-refractivity contribution in [3.05, 3.63) is 74.3 Å². The Morgan fingerprint density at radius 3 is 2.85 bits per heavy atom. The van der Waals surface area contributed by atoms with Crippen LogP contribution in [0.5, 0.6) is 5.75 Å². The van der Waals surface area contributed by atoms with Crippen molar-refractivity contribution < 1.29 is 9.66 Å². The van der Waals surface area contributed by atoms with E-state index in [1.54, 1.807) is 12.1 Å². The molecular weight excluding hydrogens is 352 g/mol. The van der Waals surface area contributed by atoms with Gasteiger partial charge in [-0.25, -0.2) is 0 Å². The first-order valence-electron chi connectivity index (χ1n) is 8.55. The second-order valence-electron chi connectivity index (χ2n) is 6.82. The summed E-state index contributed by atoms with van der Waals surface area (Å²) in [6.45, 7) is 2.05. The minimum absolute atomic E-state index is 0.0112. The number of benzene rings is 2. The molecule has 0 aromatic heterocycles. The molecule has 5 nitrogen and oxygen atoms in total. The summed E-state index contributed by atoms with van der Waals surface area (Å²) in [6.07, 6.45) is 5.29. The van der Waals surface area contributed by atoms with Crippen molar-refractivity contribution in [3.8, 4) is 5.75 Å². The van der Waals surface area contributed by atoms with Crippen molar-refractivity contribution >= 4 is 23.0 Å². The van der Waals surface area contributed by atoms with E-state index in [2.05, 4.69) is 24.4 Å². The zero-order valence-corrected chi connectivity index (χ0v) is 15.3. The molecule has 0 bridgehead atoms. The van der Waals surface area contributed by atoms with Crippen LogP contribution >= 0.6 is 11.6 Å². The summed E-state index contributed by atoms with van der Waals surface area (Å²) in [5, 5.41) is 15.8. The van der Waals surface area contributed by atoms with Gasteiger partial charge in [-0.15, -0.1) is 0 Å². The summed E-state index contributed by atoms with van der Waals surface area (Å²) in [6, 6.07) is 9.12. The molecule has 26 heavy (non-hydrogen) atoms. The molecule has 4 rings (SSSR count). The van der Waals surface area contributed by atoms with E-state index in [0.717, 1.165) is 33.8 Å². The van der Waals surface area contributed by atoms with Gasteiger partial charge in [0, 0.05) is 28.3 Å². The van der Waals surface area contributed by atoms with Crippen LogP contribution < -0.4 is 10.1 Å². The zero-order chi connectivity index (χ0) is 18.4. The lowest BCUT2D eigenvalue weighted by Gasteiger charge is -2.38. The maximum atomic E-state index is 11.4. The lowest BCUT2D eigenvalue weighted by molar-refractivity contribution is -0.385. The number of anilines is 1. The monoisotopic (exact) mass is 370 g/mol. The van der Waals surface area contributed by atoms with Gasteiger partial charge in [0.2, 0.25) is 0 Å². The van der Waals surface area contributed by atoms with E-state index < -0.39 is 4.92 Å². The molecule has 1 N–H and O–H groups in total. The molecule has 0 saturated carbocycles. The number of ether oxygens (including phenoxy) is 1. The van der Waals surface area contributed by atoms with Crippen LogP contribution in [0.4, 0.5) is 11.4 Å². The van der Waals surface area contributed by atoms with Crippen LogP contribution in [0.15, 0.2) is 42.5 Å². The average molecular weight is 371 g/mol. The number of hydrogen-bond donors (Lipinski definition) is 1. The maximum absolute atomic E-state index is 11.4. The Kier molecular flexibility index (Phi) is 4.11. The number of methoxy groups -OCH3 is 1. The van der Waals surface area contributed by atoms with Crippen LogP contribution in [0.1, 0.15) is 35.1 Å². The van der Waals surface area contributed by atoms with E-state index in [9.17, 15) is 10.1 Å². The van der Waals surface area contributed by atoms with E-state index >= 15 is 0 Å². The number of fused-ring (bicyclic) bond motifs is 3. The number of hydrogen-bond acceptors (Lipinski definition) is 4. The molecule has 0 spiro atoms. The fourth-order valence-electron chi connectivity index (χ4n) is 4.18. The molecule has 134 valence electrons. The lowest BCUT2D eigenvalue weighted by Crippen LogP contribution is -2.29. The second kappa shape index (κ2) is 6.32. The number of rotatable bonds is 3. The number of aryl methyl sites for hydroxylation is 1. The standard InChI is InChI=1S/C20H19ClN2O3/c1-11-6-8-15(21)18-13-4-3-5-14(13)20(22-19(11)18)12-7-9-17(26-2)16(10-12)23(24)25/h3-4,6-10,13-14,20,22H,5H2,1-2H3/t13-,14-,20+/m1/s1. The van der Waals surface area contributed by atoms with Crippen LogP contribution in [0, 0.1) is 23.0 Å². The predicted octanol–water partition coefficient (Wildman–Crippen LogP) is 5.39. The van der Waals surface area contributed by atoms with Crippen LogP contribution in [0.25, 0.3) is 0 Å². The SMILES string of the molecule is COc1ccc([C@@H]2Nc3c(C)ccc(Cl)c3[C@@H]3C=CC[C@H]32)cc1[N+](=O)[O-]. The summed E-state index contributed by atoms with van der Waals surface area (Å²) in [4.78, 5) is 11.0. The quantitative estimate of drug-likeness (QED) is 0.447. The molecule has 0 amide bonds. The van der Waals surface area contributed by atoms with Crippen LogP contribution in [0.2, 0.25) is 5.02 Å². The number of nitro benzene ring substituents is 1. The van der Waals surface area contributed by atoms with Crippen LogP contribution in [-0.2, 0) is 0 Å². The van der Waals surface area contributed by atoms with Gasteiger partial charge in [-0.3, -0.25) is 10.1 Å². The number of nitrogens with zero attached hydrogens (tertiary/aromatic N) is 1. The third kappa shape index (κ3) is 2.54. The Hall–Kier alpha value is -2.53. The summed E-state index contributed by atoms with van der Waals surface area (Å²) in [5.41, 5.74) is 4.17. The zero-order valence-electron chi connectivity index (χ0n) is 14.5. The molecule has 2 aromatic carbocycles. The molecule has 3 atom stereocenters. The second-order valence-corrected chi connectivity index (χ2v) is 7.22. The van der Waals surface area contributed by atoms with E-state index in [-0.39, 0.29) is 29.3 Å². The number of allylic oxidation sites excluding steroid dienone is 2. The average Bonchev–Trinajstić information content (AvgIpc) is 3.13. The number of nitrogens with one attached hydrogen (secondary N) is 1. The molecule has 0 unspecified atom stereocenters. The largest absolute Gasteiger partial charge is 0.490 e. The summed E-state index contributed by atoms with van der Waals surface area (Å²) >= 11 is 6.50. The first-order valence-corrected chi connectivity index (χ1v) is 8.93. The Morgan fingerprint density at radius 1 is 1.31 bits per heavy atom. The Bertz CT molecular complexity index is 926. The molecule has 0 fully saturated rings. The topological polar surface area (TPSA) is 64.4 Å². The van der Waals surface area contributed by atoms with Gasteiger partial charge >= 0.3 is 5.69 Å². The summed E-state index contributed by atoms with van der Waals surface area (Å²) in [5.74, 6) is 0.759. The van der Waals surface area contributed by atoms with Gasteiger partial charge in [-0.2, -0.15) is 0 Å². The summed E-state index contributed by atoms with van der Waals surface area (Å²) < 4.78 is 5.13. The Morgan fingerprint density at radius 2 is 2.12 bits per heavy atom. The fraction of sp³-hybridized carbons (Fsp3) is 0.300. The third-order valence-corrected chi connectivity index (χ3v) is 5.76. The normalized spacial score (nSPS) is 23.1. The minimum Gasteiger partial charge on any atom is -0.490 e. The molecule has 0 saturated heterocycles. The van der Waals surface area contributed by atoms with Crippen molar-refractivity contribution in [2.24, 2.45) is 5.92 Å². The highest BCUT2D eigenvalue weighted by Gasteiger charge is 2.40. The summed E-state index contributed by atoms with van der Waals surface area (Å²) in [7, 11) is 1.44. The van der Waals surface area contributed by atoms with E-state index in [4.69, 9.17) is 16.3 Å². The highest BCUT2D eigenvalue weighted by atomic mass is 35.5. The molecular formula is C20H19ClN2O3. The van der Waals surface area contributed by atoms with Gasteiger partial charge in [0.1, 0.15) is 0 Å². The van der Waals surface area contributed by atoms with Gasteiger partial charge in [0.15, 0.2) is 5.75 Å². The highest BCUT2D eigenvalue weighted by Crippen LogP contribution is 2.53. The van der Waals surface area contributed by atoms with Crippen molar-refractivity contribution in [1.82, 2.24) is 0 Å². The molecule has 6 heteroatoms. The first kappa shape index (κ1) is 16.9.